The molecule has 0 aromatic heterocycles. The van der Waals surface area contributed by atoms with Gasteiger partial charge in [-0.3, -0.25) is 4.90 Å². The number of ether oxygens (including phenoxy) is 2. The highest BCUT2D eigenvalue weighted by atomic mass is 35.5. The van der Waals surface area contributed by atoms with Crippen molar-refractivity contribution in [3.63, 3.8) is 0 Å². The summed E-state index contributed by atoms with van der Waals surface area (Å²) in [6.07, 6.45) is -0.0895. The smallest absolute Gasteiger partial charge is 0.142 e. The van der Waals surface area contributed by atoms with Gasteiger partial charge in [0.05, 0.1) is 19.4 Å². The van der Waals surface area contributed by atoms with Gasteiger partial charge in [0.2, 0.25) is 0 Å². The maximum atomic E-state index is 6.39. The van der Waals surface area contributed by atoms with Crippen LogP contribution in [-0.2, 0) is 4.74 Å². The Labute approximate surface area is 190 Å². The average molecular weight is 437 g/mol. The van der Waals surface area contributed by atoms with Crippen LogP contribution in [0.1, 0.15) is 17.2 Å². The summed E-state index contributed by atoms with van der Waals surface area (Å²) >= 11 is 6.08. The van der Waals surface area contributed by atoms with Crippen LogP contribution in [0, 0.1) is 0 Å². The van der Waals surface area contributed by atoms with Crippen LogP contribution in [0.25, 0.3) is 0 Å². The lowest BCUT2D eigenvalue weighted by Crippen LogP contribution is -2.47. The Kier molecular flexibility index (Phi) is 7.47. The molecule has 0 radical (unpaired) electrons. The number of hydrogen-bond donors (Lipinski definition) is 0. The molecule has 0 aliphatic carbocycles. The van der Waals surface area contributed by atoms with E-state index < -0.39 is 0 Å². The second kappa shape index (κ2) is 10.7. The summed E-state index contributed by atoms with van der Waals surface area (Å²) in [6.45, 7) is 5.59. The number of nitrogens with zero attached hydrogens (tertiary/aromatic N) is 2. The number of piperazine rings is 1. The van der Waals surface area contributed by atoms with Crippen molar-refractivity contribution in [2.75, 3.05) is 51.3 Å². The van der Waals surface area contributed by atoms with Crippen molar-refractivity contribution in [2.24, 2.45) is 0 Å². The van der Waals surface area contributed by atoms with Gasteiger partial charge >= 0.3 is 0 Å². The molecule has 1 heterocycles. The van der Waals surface area contributed by atoms with Gasteiger partial charge in [-0.15, -0.1) is 0 Å². The SMILES string of the molecule is COc1ccccc1N1CCN(CCOC(c2ccccc2)c2ccc(Cl)cc2)CC1. The predicted molar refractivity (Wildman–Crippen MR) is 127 cm³/mol. The number of halogens is 1. The molecule has 1 saturated heterocycles. The minimum Gasteiger partial charge on any atom is -0.495 e. The average Bonchev–Trinajstić information content (AvgIpc) is 2.83. The van der Waals surface area contributed by atoms with E-state index >= 15 is 0 Å². The molecule has 0 saturated carbocycles. The first-order chi connectivity index (χ1) is 15.2. The zero-order valence-corrected chi connectivity index (χ0v) is 18.7. The largest absolute Gasteiger partial charge is 0.495 e. The van der Waals surface area contributed by atoms with Crippen molar-refractivity contribution in [1.82, 2.24) is 4.90 Å². The molecule has 3 aromatic rings. The highest BCUT2D eigenvalue weighted by Crippen LogP contribution is 2.29. The lowest BCUT2D eigenvalue weighted by atomic mass is 10.0. The minimum absolute atomic E-state index is 0.0895. The number of hydrogen-bond acceptors (Lipinski definition) is 4. The van der Waals surface area contributed by atoms with E-state index in [0.717, 1.165) is 54.6 Å². The molecule has 1 fully saturated rings. The third-order valence-corrected chi connectivity index (χ3v) is 6.02. The normalized spacial score (nSPS) is 15.6. The number of rotatable bonds is 8. The quantitative estimate of drug-likeness (QED) is 0.479. The molecule has 3 aromatic carbocycles. The molecule has 4 rings (SSSR count). The Morgan fingerprint density at radius 1 is 0.806 bits per heavy atom. The Hall–Kier alpha value is -2.53. The van der Waals surface area contributed by atoms with Gasteiger partial charge in [0, 0.05) is 37.7 Å². The summed E-state index contributed by atoms with van der Waals surface area (Å²) in [7, 11) is 1.73. The number of anilines is 1. The van der Waals surface area contributed by atoms with Gasteiger partial charge in [0.1, 0.15) is 11.9 Å². The van der Waals surface area contributed by atoms with Crippen LogP contribution >= 0.6 is 11.6 Å². The highest BCUT2D eigenvalue weighted by Gasteiger charge is 2.20. The molecule has 0 amide bonds. The zero-order chi connectivity index (χ0) is 21.5. The standard InChI is InChI=1S/C26H29ClN2O2/c1-30-25-10-6-5-9-24(25)29-17-15-28(16-18-29)19-20-31-26(21-7-3-2-4-8-21)22-11-13-23(27)14-12-22/h2-14,26H,15-20H2,1H3. The summed E-state index contributed by atoms with van der Waals surface area (Å²) < 4.78 is 11.9. The topological polar surface area (TPSA) is 24.9 Å². The molecule has 31 heavy (non-hydrogen) atoms. The fourth-order valence-corrected chi connectivity index (χ4v) is 4.18. The van der Waals surface area contributed by atoms with E-state index in [1.54, 1.807) is 7.11 Å². The summed E-state index contributed by atoms with van der Waals surface area (Å²) in [4.78, 5) is 4.87. The van der Waals surface area contributed by atoms with Crippen LogP contribution in [0.5, 0.6) is 5.75 Å². The number of para-hydroxylation sites is 2. The van der Waals surface area contributed by atoms with Gasteiger partial charge in [-0.05, 0) is 35.4 Å². The van der Waals surface area contributed by atoms with Crippen molar-refractivity contribution in [3.05, 3.63) is 95.0 Å². The molecule has 0 bridgehead atoms. The summed E-state index contributed by atoms with van der Waals surface area (Å²) in [5, 5.41) is 0.739. The molecule has 1 aliphatic heterocycles. The zero-order valence-electron chi connectivity index (χ0n) is 17.9. The Balaban J connectivity index is 1.33. The molecule has 1 unspecified atom stereocenters. The van der Waals surface area contributed by atoms with Crippen molar-refractivity contribution in [1.29, 1.82) is 0 Å². The first-order valence-corrected chi connectivity index (χ1v) is 11.1. The number of benzene rings is 3. The van der Waals surface area contributed by atoms with E-state index in [2.05, 4.69) is 46.2 Å². The van der Waals surface area contributed by atoms with Crippen molar-refractivity contribution in [2.45, 2.75) is 6.10 Å². The molecular formula is C26H29ClN2O2. The second-order valence-corrected chi connectivity index (χ2v) is 8.15. The van der Waals surface area contributed by atoms with E-state index in [-0.39, 0.29) is 6.10 Å². The van der Waals surface area contributed by atoms with Crippen LogP contribution in [0.15, 0.2) is 78.9 Å². The van der Waals surface area contributed by atoms with E-state index in [1.807, 2.05) is 42.5 Å². The summed E-state index contributed by atoms with van der Waals surface area (Å²) in [5.74, 6) is 0.938. The monoisotopic (exact) mass is 436 g/mol. The molecule has 162 valence electrons. The fourth-order valence-electron chi connectivity index (χ4n) is 4.05. The maximum Gasteiger partial charge on any atom is 0.142 e. The predicted octanol–water partition coefficient (Wildman–Crippen LogP) is 5.28. The van der Waals surface area contributed by atoms with E-state index in [4.69, 9.17) is 21.1 Å². The maximum absolute atomic E-state index is 6.39. The van der Waals surface area contributed by atoms with Crippen LogP contribution in [0.4, 0.5) is 5.69 Å². The Morgan fingerprint density at radius 2 is 1.45 bits per heavy atom. The van der Waals surface area contributed by atoms with Crippen molar-refractivity contribution < 1.29 is 9.47 Å². The first kappa shape index (κ1) is 21.7. The molecule has 1 atom stereocenters. The van der Waals surface area contributed by atoms with Crippen LogP contribution in [-0.4, -0.2) is 51.3 Å². The molecule has 0 spiro atoms. The number of methoxy groups -OCH3 is 1. The fraction of sp³-hybridized carbons (Fsp3) is 0.308. The highest BCUT2D eigenvalue weighted by molar-refractivity contribution is 6.30. The summed E-state index contributed by atoms with van der Waals surface area (Å²) in [5.41, 5.74) is 3.45. The van der Waals surface area contributed by atoms with Gasteiger partial charge in [0.25, 0.3) is 0 Å². The first-order valence-electron chi connectivity index (χ1n) is 10.8. The third-order valence-electron chi connectivity index (χ3n) is 5.77. The van der Waals surface area contributed by atoms with Gasteiger partial charge in [-0.2, -0.15) is 0 Å². The van der Waals surface area contributed by atoms with E-state index in [9.17, 15) is 0 Å². The van der Waals surface area contributed by atoms with E-state index in [1.165, 1.54) is 5.69 Å². The minimum atomic E-state index is -0.0895. The van der Waals surface area contributed by atoms with E-state index in [0.29, 0.717) is 6.61 Å². The second-order valence-electron chi connectivity index (χ2n) is 7.71. The lowest BCUT2D eigenvalue weighted by Gasteiger charge is -2.36. The van der Waals surface area contributed by atoms with Gasteiger partial charge in [-0.25, -0.2) is 0 Å². The molecule has 5 heteroatoms. The lowest BCUT2D eigenvalue weighted by molar-refractivity contribution is 0.0586. The van der Waals surface area contributed by atoms with Gasteiger partial charge in [-0.1, -0.05) is 66.2 Å². The van der Waals surface area contributed by atoms with Crippen molar-refractivity contribution in [3.8, 4) is 5.75 Å². The van der Waals surface area contributed by atoms with Gasteiger partial charge in [0.15, 0.2) is 0 Å². The van der Waals surface area contributed by atoms with Crippen LogP contribution in [0.2, 0.25) is 5.02 Å². The Bertz CT molecular complexity index is 941. The Morgan fingerprint density at radius 3 is 2.16 bits per heavy atom. The molecule has 1 aliphatic rings. The van der Waals surface area contributed by atoms with Crippen molar-refractivity contribution >= 4 is 17.3 Å². The van der Waals surface area contributed by atoms with Gasteiger partial charge < -0.3 is 14.4 Å². The molecule has 0 N–H and O–H groups in total. The van der Waals surface area contributed by atoms with Crippen LogP contribution < -0.4 is 9.64 Å². The summed E-state index contributed by atoms with van der Waals surface area (Å²) in [6, 6.07) is 26.6. The third kappa shape index (κ3) is 5.59. The molecular weight excluding hydrogens is 408 g/mol. The molecule has 4 nitrogen and oxygen atoms in total. The van der Waals surface area contributed by atoms with Crippen LogP contribution in [0.3, 0.4) is 0 Å².